The van der Waals surface area contributed by atoms with E-state index < -0.39 is 12.5 Å². The van der Waals surface area contributed by atoms with E-state index in [4.69, 9.17) is 28.0 Å². The molecule has 3 rings (SSSR count). The van der Waals surface area contributed by atoms with E-state index in [1.54, 1.807) is 4.90 Å². The van der Waals surface area contributed by atoms with Gasteiger partial charge in [0.15, 0.2) is 5.71 Å². The zero-order valence-corrected chi connectivity index (χ0v) is 18.1. The molecule has 166 valence electrons. The highest BCUT2D eigenvalue weighted by molar-refractivity contribution is 6.39. The third-order valence-electron chi connectivity index (χ3n) is 5.25. The Bertz CT molecular complexity index is 994. The van der Waals surface area contributed by atoms with Crippen LogP contribution in [0.3, 0.4) is 0 Å². The molecule has 1 aliphatic heterocycles. The quantitative estimate of drug-likeness (QED) is 0.217. The summed E-state index contributed by atoms with van der Waals surface area (Å²) >= 11 is 6.09. The van der Waals surface area contributed by atoms with E-state index >= 15 is 0 Å². The second kappa shape index (κ2) is 11.3. The molecule has 1 aliphatic rings. The maximum absolute atomic E-state index is 12.5. The van der Waals surface area contributed by atoms with E-state index in [0.717, 1.165) is 11.1 Å². The van der Waals surface area contributed by atoms with E-state index in [9.17, 15) is 9.70 Å². The number of carbonyl (C=O) groups excluding carboxylic acids is 1. The number of amides is 1. The van der Waals surface area contributed by atoms with Gasteiger partial charge in [0.2, 0.25) is 0 Å². The first-order valence-corrected chi connectivity index (χ1v) is 10.4. The minimum atomic E-state index is -0.482. The second-order valence-electron chi connectivity index (χ2n) is 7.18. The molecule has 32 heavy (non-hydrogen) atoms. The molecule has 0 saturated carbocycles. The summed E-state index contributed by atoms with van der Waals surface area (Å²) in [4.78, 5) is 26.8. The molecule has 1 atom stereocenters. The molecule has 0 aromatic heterocycles. The van der Waals surface area contributed by atoms with Crippen LogP contribution in [0.25, 0.3) is 0 Å². The lowest BCUT2D eigenvalue weighted by Gasteiger charge is -2.39. The number of piperazine rings is 1. The van der Waals surface area contributed by atoms with Crippen LogP contribution in [0, 0.1) is 17.3 Å². The molecular formula is C23H23ClN4O4. The molecule has 0 bridgehead atoms. The molecule has 2 aromatic rings. The third-order valence-corrected chi connectivity index (χ3v) is 5.50. The van der Waals surface area contributed by atoms with Crippen LogP contribution in [0.4, 0.5) is 0 Å². The summed E-state index contributed by atoms with van der Waals surface area (Å²) in [5, 5.41) is 15.2. The van der Waals surface area contributed by atoms with E-state index in [1.165, 1.54) is 0 Å². The Kier molecular flexibility index (Phi) is 8.20. The van der Waals surface area contributed by atoms with Crippen molar-refractivity contribution in [3.63, 3.8) is 0 Å². The van der Waals surface area contributed by atoms with Crippen molar-refractivity contribution in [3.05, 3.63) is 69.6 Å². The first kappa shape index (κ1) is 23.3. The van der Waals surface area contributed by atoms with Gasteiger partial charge >= 0.3 is 0 Å². The van der Waals surface area contributed by atoms with E-state index in [2.05, 4.69) is 21.2 Å². The smallest absolute Gasteiger partial charge is 0.273 e. The van der Waals surface area contributed by atoms with E-state index in [-0.39, 0.29) is 18.4 Å². The number of rotatable bonds is 8. The normalized spacial score (nSPS) is 15.6. The van der Waals surface area contributed by atoms with Gasteiger partial charge in [0.05, 0.1) is 6.04 Å². The van der Waals surface area contributed by atoms with Gasteiger partial charge in [-0.3, -0.25) is 9.69 Å². The maximum Gasteiger partial charge on any atom is 0.273 e. The Balaban J connectivity index is 1.79. The van der Waals surface area contributed by atoms with Crippen molar-refractivity contribution < 1.29 is 14.7 Å². The molecule has 8 nitrogen and oxygen atoms in total. The number of oxime groups is 1. The van der Waals surface area contributed by atoms with Crippen molar-refractivity contribution in [2.45, 2.75) is 6.04 Å². The van der Waals surface area contributed by atoms with Gasteiger partial charge in [-0.05, 0) is 35.4 Å². The summed E-state index contributed by atoms with van der Waals surface area (Å²) in [5.74, 6) is 2.66. The summed E-state index contributed by atoms with van der Waals surface area (Å²) in [6, 6.07) is 15.4. The van der Waals surface area contributed by atoms with Crippen molar-refractivity contribution in [1.29, 1.82) is 0 Å². The number of hydrogen-bond acceptors (Lipinski definition) is 7. The fourth-order valence-corrected chi connectivity index (χ4v) is 3.83. The Hall–Kier alpha value is -3.41. The number of nitrogens with zero attached hydrogens (tertiary/aromatic N) is 4. The Labute approximate surface area is 191 Å². The van der Waals surface area contributed by atoms with Crippen molar-refractivity contribution in [3.8, 4) is 18.1 Å². The van der Waals surface area contributed by atoms with Crippen molar-refractivity contribution in [2.24, 2.45) is 10.3 Å². The highest BCUT2D eigenvalue weighted by Crippen LogP contribution is 2.31. The monoisotopic (exact) mass is 454 g/mol. The van der Waals surface area contributed by atoms with Gasteiger partial charge in [0, 0.05) is 31.2 Å². The van der Waals surface area contributed by atoms with Gasteiger partial charge < -0.3 is 14.8 Å². The van der Waals surface area contributed by atoms with Crippen molar-refractivity contribution in [1.82, 2.24) is 9.80 Å². The Morgan fingerprint density at radius 2 is 1.69 bits per heavy atom. The van der Waals surface area contributed by atoms with Crippen LogP contribution in [0.2, 0.25) is 5.02 Å². The first-order valence-electron chi connectivity index (χ1n) is 10.0. The van der Waals surface area contributed by atoms with Crippen LogP contribution in [0.1, 0.15) is 17.2 Å². The van der Waals surface area contributed by atoms with E-state index in [0.29, 0.717) is 37.0 Å². The summed E-state index contributed by atoms with van der Waals surface area (Å²) in [7, 11) is 0. The van der Waals surface area contributed by atoms with E-state index in [1.807, 2.05) is 48.5 Å². The number of carbonyl (C=O) groups is 1. The Morgan fingerprint density at radius 3 is 2.22 bits per heavy atom. The van der Waals surface area contributed by atoms with Gasteiger partial charge in [-0.15, -0.1) is 6.42 Å². The highest BCUT2D eigenvalue weighted by atomic mass is 35.5. The SMILES string of the molecule is C#CCOc1ccc(C(c2ccc(Cl)cc2)N2CCN(C(=O)C(CN=O)=NO)CC2)cc1. The molecule has 1 unspecified atom stereocenters. The first-order chi connectivity index (χ1) is 15.6. The summed E-state index contributed by atoms with van der Waals surface area (Å²) in [6.45, 7) is 1.75. The maximum atomic E-state index is 12.5. The number of ether oxygens (including phenoxy) is 1. The standard InChI is InChI=1S/C23H23ClN4O4/c1-2-15-32-20-9-5-18(6-10-20)22(17-3-7-19(24)8-4-17)27-11-13-28(14-12-27)23(29)21(26-31)16-25-30/h1,3-10,22,31H,11-16H2. The largest absolute Gasteiger partial charge is 0.481 e. The van der Waals surface area contributed by atoms with Crippen LogP contribution in [0.15, 0.2) is 58.9 Å². The predicted molar refractivity (Wildman–Crippen MR) is 122 cm³/mol. The lowest BCUT2D eigenvalue weighted by atomic mass is 9.96. The summed E-state index contributed by atoms with van der Waals surface area (Å²) in [5.41, 5.74) is 1.86. The van der Waals surface area contributed by atoms with Gasteiger partial charge in [-0.1, -0.05) is 52.1 Å². The summed E-state index contributed by atoms with van der Waals surface area (Å²) < 4.78 is 5.48. The summed E-state index contributed by atoms with van der Waals surface area (Å²) in [6.07, 6.45) is 5.25. The molecule has 0 aliphatic carbocycles. The molecule has 1 amide bonds. The van der Waals surface area contributed by atoms with Gasteiger partial charge in [0.25, 0.3) is 5.91 Å². The third kappa shape index (κ3) is 5.63. The number of benzene rings is 2. The van der Waals surface area contributed by atoms with Crippen LogP contribution in [-0.2, 0) is 4.79 Å². The number of terminal acetylenes is 1. The fourth-order valence-electron chi connectivity index (χ4n) is 3.70. The van der Waals surface area contributed by atoms with Crippen LogP contribution in [-0.4, -0.2) is 66.0 Å². The predicted octanol–water partition coefficient (Wildman–Crippen LogP) is 3.18. The number of halogens is 1. The average Bonchev–Trinajstić information content (AvgIpc) is 2.83. The van der Waals surface area contributed by atoms with Gasteiger partial charge in [-0.2, -0.15) is 4.91 Å². The zero-order valence-electron chi connectivity index (χ0n) is 17.4. The molecule has 2 aromatic carbocycles. The zero-order chi connectivity index (χ0) is 22.9. The van der Waals surface area contributed by atoms with Crippen LogP contribution >= 0.6 is 11.6 Å². The minimum Gasteiger partial charge on any atom is -0.481 e. The molecule has 0 spiro atoms. The van der Waals surface area contributed by atoms with Crippen molar-refractivity contribution >= 4 is 23.2 Å². The average molecular weight is 455 g/mol. The highest BCUT2D eigenvalue weighted by Gasteiger charge is 2.30. The topological polar surface area (TPSA) is 94.8 Å². The van der Waals surface area contributed by atoms with Crippen LogP contribution < -0.4 is 4.74 Å². The molecule has 1 N–H and O–H groups in total. The number of nitroso groups, excluding NO2 is 1. The van der Waals surface area contributed by atoms with Crippen molar-refractivity contribution in [2.75, 3.05) is 39.3 Å². The molecule has 1 heterocycles. The lowest BCUT2D eigenvalue weighted by molar-refractivity contribution is -0.126. The molecule has 9 heteroatoms. The van der Waals surface area contributed by atoms with Gasteiger partial charge in [0.1, 0.15) is 18.9 Å². The number of hydrogen-bond donors (Lipinski definition) is 1. The lowest BCUT2D eigenvalue weighted by Crippen LogP contribution is -2.51. The molecular weight excluding hydrogens is 432 g/mol. The second-order valence-corrected chi connectivity index (χ2v) is 7.61. The molecule has 1 saturated heterocycles. The molecule has 0 radical (unpaired) electrons. The molecule has 1 fully saturated rings. The Morgan fingerprint density at radius 1 is 1.09 bits per heavy atom. The van der Waals surface area contributed by atoms with Gasteiger partial charge in [-0.25, -0.2) is 0 Å². The fraction of sp³-hybridized carbons (Fsp3) is 0.304. The van der Waals surface area contributed by atoms with Crippen LogP contribution in [0.5, 0.6) is 5.75 Å². The minimum absolute atomic E-state index is 0.0613.